The van der Waals surface area contributed by atoms with Crippen molar-refractivity contribution in [3.8, 4) is 0 Å². The topological polar surface area (TPSA) is 98.8 Å². The molecule has 174 valence electrons. The predicted octanol–water partition coefficient (Wildman–Crippen LogP) is 4.30. The minimum absolute atomic E-state index is 0.0583. The number of hydrogen-bond acceptors (Lipinski definition) is 6. The lowest BCUT2D eigenvalue weighted by atomic mass is 10.0. The van der Waals surface area contributed by atoms with E-state index in [4.69, 9.17) is 9.47 Å². The number of ether oxygens (including phenoxy) is 2. The Morgan fingerprint density at radius 1 is 1.06 bits per heavy atom. The molecule has 7 nitrogen and oxygen atoms in total. The van der Waals surface area contributed by atoms with Gasteiger partial charge in [-0.3, -0.25) is 14.4 Å². The number of cyclic esters (lactones) is 1. The second-order valence-corrected chi connectivity index (χ2v) is 7.94. The van der Waals surface area contributed by atoms with E-state index >= 15 is 0 Å². The molecule has 1 amide bonds. The number of carbonyl (C=O) groups is 4. The Hall–Kier alpha value is -2.44. The van der Waals surface area contributed by atoms with Crippen molar-refractivity contribution < 1.29 is 28.7 Å². The number of rotatable bonds is 16. The molecule has 1 heterocycles. The van der Waals surface area contributed by atoms with Gasteiger partial charge in [0, 0.05) is 26.7 Å². The Labute approximate surface area is 185 Å². The number of unbranched alkanes of at least 4 members (excludes halogenated alkanes) is 7. The van der Waals surface area contributed by atoms with Crippen molar-refractivity contribution in [2.75, 3.05) is 0 Å². The van der Waals surface area contributed by atoms with E-state index in [1.54, 1.807) is 6.08 Å². The molecule has 0 aliphatic carbocycles. The fourth-order valence-electron chi connectivity index (χ4n) is 3.35. The van der Waals surface area contributed by atoms with Crippen LogP contribution in [0.3, 0.4) is 0 Å². The normalized spacial score (nSPS) is 16.7. The van der Waals surface area contributed by atoms with E-state index < -0.39 is 24.1 Å². The highest BCUT2D eigenvalue weighted by atomic mass is 16.6. The van der Waals surface area contributed by atoms with E-state index in [0.717, 1.165) is 44.9 Å². The first-order valence-electron chi connectivity index (χ1n) is 11.4. The predicted molar refractivity (Wildman–Crippen MR) is 118 cm³/mol. The van der Waals surface area contributed by atoms with Crippen molar-refractivity contribution in [1.82, 2.24) is 5.32 Å². The maximum Gasteiger partial charge on any atom is 0.355 e. The quantitative estimate of drug-likeness (QED) is 0.220. The molecule has 0 aromatic heterocycles. The van der Waals surface area contributed by atoms with Gasteiger partial charge in [-0.1, -0.05) is 45.1 Å². The van der Waals surface area contributed by atoms with Crippen LogP contribution in [0.4, 0.5) is 0 Å². The van der Waals surface area contributed by atoms with Crippen molar-refractivity contribution >= 4 is 23.6 Å². The van der Waals surface area contributed by atoms with E-state index in [1.807, 2.05) is 6.08 Å². The first-order valence-corrected chi connectivity index (χ1v) is 11.4. The monoisotopic (exact) mass is 435 g/mol. The zero-order chi connectivity index (χ0) is 23.1. The third-order valence-electron chi connectivity index (χ3n) is 4.94. The van der Waals surface area contributed by atoms with Crippen molar-refractivity contribution in [2.45, 2.75) is 104 Å². The molecule has 0 aromatic rings. The number of amides is 1. The summed E-state index contributed by atoms with van der Waals surface area (Å²) in [7, 11) is 0. The first-order chi connectivity index (χ1) is 14.8. The Kier molecular flexibility index (Phi) is 13.2. The van der Waals surface area contributed by atoms with Crippen molar-refractivity contribution in [2.24, 2.45) is 0 Å². The summed E-state index contributed by atoms with van der Waals surface area (Å²) in [5.41, 5.74) is 0.0583. The molecular formula is C24H37NO6. The van der Waals surface area contributed by atoms with Gasteiger partial charge in [0.15, 0.2) is 12.2 Å². The molecule has 0 saturated heterocycles. The fourth-order valence-corrected chi connectivity index (χ4v) is 3.35. The summed E-state index contributed by atoms with van der Waals surface area (Å²) in [6, 6.07) is 0. The number of esters is 2. The number of ketones is 1. The van der Waals surface area contributed by atoms with Crippen molar-refractivity contribution in [1.29, 1.82) is 0 Å². The largest absolute Gasteiger partial charge is 0.454 e. The van der Waals surface area contributed by atoms with Gasteiger partial charge in [0.1, 0.15) is 11.5 Å². The van der Waals surface area contributed by atoms with Crippen LogP contribution in [-0.2, 0) is 28.7 Å². The molecule has 0 bridgehead atoms. The van der Waals surface area contributed by atoms with Gasteiger partial charge in [0.25, 0.3) is 0 Å². The van der Waals surface area contributed by atoms with E-state index in [2.05, 4.69) is 12.2 Å². The van der Waals surface area contributed by atoms with Gasteiger partial charge >= 0.3 is 11.9 Å². The minimum Gasteiger partial charge on any atom is -0.454 e. The third-order valence-corrected chi connectivity index (χ3v) is 4.94. The lowest BCUT2D eigenvalue weighted by Gasteiger charge is -2.18. The number of hydrogen-bond donors (Lipinski definition) is 1. The lowest BCUT2D eigenvalue weighted by molar-refractivity contribution is -0.155. The second kappa shape index (κ2) is 15.4. The van der Waals surface area contributed by atoms with Crippen LogP contribution in [0.1, 0.15) is 91.4 Å². The highest BCUT2D eigenvalue weighted by Crippen LogP contribution is 2.19. The highest BCUT2D eigenvalue weighted by molar-refractivity contribution is 5.95. The molecular weight excluding hydrogens is 398 g/mol. The van der Waals surface area contributed by atoms with Gasteiger partial charge in [-0.15, -0.1) is 0 Å². The van der Waals surface area contributed by atoms with Crippen LogP contribution in [0.15, 0.2) is 23.9 Å². The molecule has 0 aromatic carbocycles. The Morgan fingerprint density at radius 2 is 1.71 bits per heavy atom. The molecule has 1 N–H and O–H groups in total. The number of carbonyl (C=O) groups excluding carboxylic acids is 4. The molecule has 1 rings (SSSR count). The zero-order valence-corrected chi connectivity index (χ0v) is 19.1. The van der Waals surface area contributed by atoms with Crippen LogP contribution < -0.4 is 5.32 Å². The molecule has 0 radical (unpaired) electrons. The molecule has 0 spiro atoms. The number of Topliss-reactive ketones (excluding diaryl/α,β-unsaturated/α-hetero) is 1. The van der Waals surface area contributed by atoms with Crippen LogP contribution in [0, 0.1) is 0 Å². The van der Waals surface area contributed by atoms with Crippen LogP contribution in [0.2, 0.25) is 0 Å². The Bertz CT molecular complexity index is 667. The van der Waals surface area contributed by atoms with E-state index in [1.165, 1.54) is 32.8 Å². The summed E-state index contributed by atoms with van der Waals surface area (Å²) in [5.74, 6) is -1.13. The van der Waals surface area contributed by atoms with Crippen LogP contribution in [0.25, 0.3) is 0 Å². The third kappa shape index (κ3) is 12.1. The SMILES string of the molecule is CCCCCCC(=O)CCCCCC/C=C/C(OC(C)=O)C1C=C(NC(C)=O)C(=O)O1. The van der Waals surface area contributed by atoms with E-state index in [9.17, 15) is 19.2 Å². The lowest BCUT2D eigenvalue weighted by Crippen LogP contribution is -2.28. The molecule has 31 heavy (non-hydrogen) atoms. The summed E-state index contributed by atoms with van der Waals surface area (Å²) in [6.07, 6.45) is 14.2. The van der Waals surface area contributed by atoms with E-state index in [-0.39, 0.29) is 11.6 Å². The molecule has 1 aliphatic rings. The summed E-state index contributed by atoms with van der Waals surface area (Å²) in [6.45, 7) is 4.76. The summed E-state index contributed by atoms with van der Waals surface area (Å²) in [5, 5.41) is 2.41. The van der Waals surface area contributed by atoms with Crippen LogP contribution in [0.5, 0.6) is 0 Å². The molecule has 7 heteroatoms. The molecule has 0 fully saturated rings. The molecule has 2 atom stereocenters. The van der Waals surface area contributed by atoms with Gasteiger partial charge in [-0.05, 0) is 37.8 Å². The maximum atomic E-state index is 11.8. The van der Waals surface area contributed by atoms with E-state index in [0.29, 0.717) is 18.6 Å². The Morgan fingerprint density at radius 3 is 2.32 bits per heavy atom. The maximum absolute atomic E-state index is 11.8. The average molecular weight is 436 g/mol. The molecule has 1 aliphatic heterocycles. The van der Waals surface area contributed by atoms with Gasteiger partial charge in [-0.25, -0.2) is 4.79 Å². The summed E-state index contributed by atoms with van der Waals surface area (Å²) >= 11 is 0. The highest BCUT2D eigenvalue weighted by Gasteiger charge is 2.32. The van der Waals surface area contributed by atoms with Crippen molar-refractivity contribution in [3.63, 3.8) is 0 Å². The molecule has 2 unspecified atom stereocenters. The average Bonchev–Trinajstić information content (AvgIpc) is 3.05. The van der Waals surface area contributed by atoms with Crippen LogP contribution in [-0.4, -0.2) is 35.8 Å². The number of nitrogens with one attached hydrogen (secondary N) is 1. The smallest absolute Gasteiger partial charge is 0.355 e. The van der Waals surface area contributed by atoms with Gasteiger partial charge in [0.05, 0.1) is 0 Å². The summed E-state index contributed by atoms with van der Waals surface area (Å²) < 4.78 is 10.5. The fraction of sp³-hybridized carbons (Fsp3) is 0.667. The summed E-state index contributed by atoms with van der Waals surface area (Å²) in [4.78, 5) is 46.2. The van der Waals surface area contributed by atoms with Gasteiger partial charge in [0.2, 0.25) is 5.91 Å². The standard InChI is InChI=1S/C24H37NO6/c1-4-5-6-11-14-20(28)15-12-9-7-8-10-13-16-22(30-19(3)27)23-17-21(24(29)31-23)25-18(2)26/h13,16-17,22-23H,4-12,14-15H2,1-3H3,(H,25,26)/b16-13+. The van der Waals surface area contributed by atoms with Gasteiger partial charge < -0.3 is 14.8 Å². The zero-order valence-electron chi connectivity index (χ0n) is 19.1. The van der Waals surface area contributed by atoms with Gasteiger partial charge in [-0.2, -0.15) is 0 Å². The first kappa shape index (κ1) is 26.6. The number of allylic oxidation sites excluding steroid dienone is 1. The second-order valence-electron chi connectivity index (χ2n) is 7.94. The molecule has 0 saturated carbocycles. The van der Waals surface area contributed by atoms with Crippen molar-refractivity contribution in [3.05, 3.63) is 23.9 Å². The van der Waals surface area contributed by atoms with Crippen LogP contribution >= 0.6 is 0 Å². The minimum atomic E-state index is -0.766. The Balaban J connectivity index is 2.30.